The fourth-order valence-electron chi connectivity index (χ4n) is 4.50. The number of aromatic amines is 1. The van der Waals surface area contributed by atoms with Crippen LogP contribution in [0.15, 0.2) is 64.2 Å². The zero-order chi connectivity index (χ0) is 22.1. The van der Waals surface area contributed by atoms with Crippen LogP contribution in [0, 0.1) is 0 Å². The van der Waals surface area contributed by atoms with Crippen molar-refractivity contribution in [2.45, 2.75) is 36.7 Å². The molecule has 0 aliphatic carbocycles. The summed E-state index contributed by atoms with van der Waals surface area (Å²) in [6.45, 7) is 3.15. The first kappa shape index (κ1) is 21.2. The van der Waals surface area contributed by atoms with Crippen LogP contribution in [0.4, 0.5) is 5.69 Å². The van der Waals surface area contributed by atoms with Gasteiger partial charge in [0.15, 0.2) is 0 Å². The minimum Gasteiger partial charge on any atom is -0.324 e. The van der Waals surface area contributed by atoms with Gasteiger partial charge in [0.2, 0.25) is 5.91 Å². The topological polar surface area (TPSA) is 87.0 Å². The zero-order valence-electron chi connectivity index (χ0n) is 17.7. The molecular weight excluding hydrogens is 438 g/mol. The van der Waals surface area contributed by atoms with E-state index in [0.717, 1.165) is 57.7 Å². The zero-order valence-corrected chi connectivity index (χ0v) is 19.4. The number of carbonyl (C=O) groups is 1. The van der Waals surface area contributed by atoms with Gasteiger partial charge in [-0.05, 0) is 91.0 Å². The van der Waals surface area contributed by atoms with Gasteiger partial charge in [-0.1, -0.05) is 12.1 Å². The molecule has 2 unspecified atom stereocenters. The van der Waals surface area contributed by atoms with E-state index in [1.165, 1.54) is 11.9 Å². The summed E-state index contributed by atoms with van der Waals surface area (Å²) in [6.07, 6.45) is 2.25. The van der Waals surface area contributed by atoms with E-state index in [9.17, 15) is 4.79 Å². The minimum atomic E-state index is -0.281. The first-order chi connectivity index (χ1) is 15.6. The number of H-pyrrole nitrogens is 1. The van der Waals surface area contributed by atoms with Crippen molar-refractivity contribution in [2.24, 2.45) is 5.14 Å². The van der Waals surface area contributed by atoms with E-state index in [0.29, 0.717) is 6.04 Å². The first-order valence-corrected chi connectivity index (χ1v) is 12.5. The summed E-state index contributed by atoms with van der Waals surface area (Å²) in [7, 11) is 0. The van der Waals surface area contributed by atoms with Crippen molar-refractivity contribution in [1.82, 2.24) is 15.1 Å². The Morgan fingerprint density at radius 2 is 2.22 bits per heavy atom. The van der Waals surface area contributed by atoms with Gasteiger partial charge in [0.25, 0.3) is 0 Å². The van der Waals surface area contributed by atoms with Gasteiger partial charge in [-0.2, -0.15) is 16.4 Å². The molecule has 2 aromatic carbocycles. The lowest BCUT2D eigenvalue weighted by molar-refractivity contribution is -0.121. The van der Waals surface area contributed by atoms with E-state index in [2.05, 4.69) is 38.8 Å². The van der Waals surface area contributed by atoms with Crippen molar-refractivity contribution in [3.05, 3.63) is 64.9 Å². The summed E-state index contributed by atoms with van der Waals surface area (Å²) in [5, 5.41) is 21.6. The summed E-state index contributed by atoms with van der Waals surface area (Å²) >= 11 is 2.84. The van der Waals surface area contributed by atoms with Crippen molar-refractivity contribution in [3.63, 3.8) is 0 Å². The lowest BCUT2D eigenvalue weighted by atomic mass is 10.1. The summed E-state index contributed by atoms with van der Waals surface area (Å²) in [5.41, 5.74) is 4.57. The normalized spacial score (nSPS) is 17.6. The molecule has 2 atom stereocenters. The van der Waals surface area contributed by atoms with Gasteiger partial charge in [-0.3, -0.25) is 19.9 Å². The predicted molar refractivity (Wildman–Crippen MR) is 133 cm³/mol. The highest BCUT2D eigenvalue weighted by Crippen LogP contribution is 2.33. The molecule has 0 radical (unpaired) electrons. The molecule has 2 aromatic heterocycles. The molecule has 1 saturated heterocycles. The Morgan fingerprint density at radius 3 is 2.97 bits per heavy atom. The Bertz CT molecular complexity index is 1240. The maximum Gasteiger partial charge on any atom is 0.246 e. The highest BCUT2D eigenvalue weighted by molar-refractivity contribution is 7.97. The van der Waals surface area contributed by atoms with Gasteiger partial charge in [-0.15, -0.1) is 0 Å². The number of nitrogens with one attached hydrogen (secondary N) is 2. The van der Waals surface area contributed by atoms with Crippen molar-refractivity contribution < 1.29 is 4.79 Å². The number of likely N-dealkylation sites (tertiary alicyclic amines) is 1. The molecule has 1 amide bonds. The van der Waals surface area contributed by atoms with E-state index in [-0.39, 0.29) is 11.9 Å². The number of thiophene rings is 1. The Kier molecular flexibility index (Phi) is 6.01. The molecule has 3 heterocycles. The summed E-state index contributed by atoms with van der Waals surface area (Å²) in [6, 6.07) is 16.0. The molecule has 5 rings (SSSR count). The smallest absolute Gasteiger partial charge is 0.246 e. The lowest BCUT2D eigenvalue weighted by Crippen LogP contribution is -2.39. The second-order valence-electron chi connectivity index (χ2n) is 8.16. The molecule has 0 bridgehead atoms. The number of carbonyl (C=O) groups excluding carboxylic acids is 1. The number of anilines is 1. The van der Waals surface area contributed by atoms with Crippen LogP contribution in [0.3, 0.4) is 0 Å². The molecule has 4 aromatic rings. The quantitative estimate of drug-likeness (QED) is 0.332. The number of hydrogen-bond acceptors (Lipinski definition) is 6. The van der Waals surface area contributed by atoms with Gasteiger partial charge in [0.05, 0.1) is 5.52 Å². The molecule has 0 spiro atoms. The standard InChI is InChI=1S/C24H25N5OS2/c1-15-4-3-10-29(15)23(17-9-11-31-14-17)24(30)26-18-7-8-21-20(13-18)22(28-27-21)16-5-2-6-19(12-16)32-25/h2,5-9,11-15,23H,3-4,10,25H2,1H3,(H,26,30)(H,27,28). The molecule has 8 heteroatoms. The van der Waals surface area contributed by atoms with E-state index in [1.54, 1.807) is 11.3 Å². The molecule has 6 nitrogen and oxygen atoms in total. The Labute approximate surface area is 195 Å². The second kappa shape index (κ2) is 9.07. The van der Waals surface area contributed by atoms with Crippen LogP contribution in [0.1, 0.15) is 31.4 Å². The first-order valence-electron chi connectivity index (χ1n) is 10.7. The van der Waals surface area contributed by atoms with Gasteiger partial charge >= 0.3 is 0 Å². The van der Waals surface area contributed by atoms with Crippen LogP contribution in [0.2, 0.25) is 0 Å². The molecule has 4 N–H and O–H groups in total. The molecule has 1 aliphatic heterocycles. The molecule has 32 heavy (non-hydrogen) atoms. The summed E-state index contributed by atoms with van der Waals surface area (Å²) in [4.78, 5) is 16.8. The average Bonchev–Trinajstić information content (AvgIpc) is 3.56. The summed E-state index contributed by atoms with van der Waals surface area (Å²) in [5.74, 6) is 0.00285. The fourth-order valence-corrected chi connectivity index (χ4v) is 5.53. The Morgan fingerprint density at radius 1 is 1.31 bits per heavy atom. The van der Waals surface area contributed by atoms with E-state index in [4.69, 9.17) is 5.14 Å². The molecule has 1 fully saturated rings. The van der Waals surface area contributed by atoms with Crippen molar-refractivity contribution >= 4 is 45.8 Å². The highest BCUT2D eigenvalue weighted by Gasteiger charge is 2.34. The Balaban J connectivity index is 1.46. The van der Waals surface area contributed by atoms with Gasteiger partial charge < -0.3 is 5.32 Å². The highest BCUT2D eigenvalue weighted by atomic mass is 32.2. The maximum atomic E-state index is 13.5. The van der Waals surface area contributed by atoms with E-state index < -0.39 is 0 Å². The van der Waals surface area contributed by atoms with Crippen LogP contribution in [0.5, 0.6) is 0 Å². The van der Waals surface area contributed by atoms with Gasteiger partial charge in [-0.25, -0.2) is 0 Å². The average molecular weight is 464 g/mol. The third-order valence-electron chi connectivity index (χ3n) is 6.12. The van der Waals surface area contributed by atoms with E-state index >= 15 is 0 Å². The lowest BCUT2D eigenvalue weighted by Gasteiger charge is -2.30. The number of benzene rings is 2. The van der Waals surface area contributed by atoms with Crippen molar-refractivity contribution in [1.29, 1.82) is 0 Å². The minimum absolute atomic E-state index is 0.00285. The second-order valence-corrected chi connectivity index (χ2v) is 9.64. The molecule has 164 valence electrons. The SMILES string of the molecule is CC1CCCN1C(C(=O)Nc1ccc2[nH]nc(-c3cccc(SN)c3)c2c1)c1ccsc1. The van der Waals surface area contributed by atoms with Crippen LogP contribution in [-0.4, -0.2) is 33.6 Å². The predicted octanol–water partition coefficient (Wildman–Crippen LogP) is 5.42. The number of rotatable bonds is 6. The van der Waals surface area contributed by atoms with Crippen LogP contribution >= 0.6 is 23.3 Å². The van der Waals surface area contributed by atoms with Crippen molar-refractivity contribution in [2.75, 3.05) is 11.9 Å². The van der Waals surface area contributed by atoms with Gasteiger partial charge in [0, 0.05) is 27.6 Å². The Hall–Kier alpha value is -2.65. The summed E-state index contributed by atoms with van der Waals surface area (Å²) < 4.78 is 0. The number of amides is 1. The maximum absolute atomic E-state index is 13.5. The fraction of sp³-hybridized carbons (Fsp3) is 0.250. The van der Waals surface area contributed by atoms with Gasteiger partial charge in [0.1, 0.15) is 11.7 Å². The number of hydrogen-bond donors (Lipinski definition) is 3. The monoisotopic (exact) mass is 463 g/mol. The third-order valence-corrected chi connectivity index (χ3v) is 7.34. The third kappa shape index (κ3) is 4.06. The van der Waals surface area contributed by atoms with Crippen molar-refractivity contribution in [3.8, 4) is 11.3 Å². The number of fused-ring (bicyclic) bond motifs is 1. The van der Waals surface area contributed by atoms with Crippen LogP contribution in [0.25, 0.3) is 22.2 Å². The van der Waals surface area contributed by atoms with Crippen LogP contribution in [-0.2, 0) is 4.79 Å². The largest absolute Gasteiger partial charge is 0.324 e. The number of nitrogens with zero attached hydrogens (tertiary/aromatic N) is 2. The molecular formula is C24H25N5OS2. The molecule has 0 saturated carbocycles. The molecule has 1 aliphatic rings. The van der Waals surface area contributed by atoms with E-state index in [1.807, 2.05) is 47.8 Å². The number of aromatic nitrogens is 2. The number of nitrogens with two attached hydrogens (primary N) is 1. The van der Waals surface area contributed by atoms with Crippen LogP contribution < -0.4 is 10.5 Å².